The molecule has 0 spiro atoms. The van der Waals surface area contributed by atoms with Crippen LogP contribution in [0.15, 0.2) is 36.4 Å². The van der Waals surface area contributed by atoms with E-state index in [4.69, 9.17) is 33.3 Å². The number of piperazine rings is 1. The molecule has 0 amide bonds. The van der Waals surface area contributed by atoms with Gasteiger partial charge in [0, 0.05) is 49.9 Å². The Morgan fingerprint density at radius 2 is 1.78 bits per heavy atom. The van der Waals surface area contributed by atoms with Crippen LogP contribution >= 0.6 is 23.8 Å². The van der Waals surface area contributed by atoms with Gasteiger partial charge in [-0.15, -0.1) is 0 Å². The molecule has 1 saturated heterocycles. The molecule has 8 heteroatoms. The zero-order valence-electron chi connectivity index (χ0n) is 18.7. The van der Waals surface area contributed by atoms with Gasteiger partial charge < -0.3 is 19.7 Å². The van der Waals surface area contributed by atoms with Crippen LogP contribution in [-0.4, -0.2) is 60.8 Å². The van der Waals surface area contributed by atoms with E-state index in [9.17, 15) is 4.39 Å². The maximum Gasteiger partial charge on any atom is 0.169 e. The SMILES string of the molecule is CCOc1ccc(CCNC(=S)N2CCN(Cc3c(F)cccc3Cl)CC2)cc1OCC. The van der Waals surface area contributed by atoms with Crippen molar-refractivity contribution in [3.05, 3.63) is 58.4 Å². The third kappa shape index (κ3) is 6.70. The highest BCUT2D eigenvalue weighted by Crippen LogP contribution is 2.28. The van der Waals surface area contributed by atoms with Gasteiger partial charge in [-0.1, -0.05) is 23.7 Å². The summed E-state index contributed by atoms with van der Waals surface area (Å²) in [5.74, 6) is 1.30. The first-order valence-electron chi connectivity index (χ1n) is 11.1. The number of ether oxygens (including phenoxy) is 2. The molecule has 1 aliphatic rings. The molecule has 0 atom stereocenters. The summed E-state index contributed by atoms with van der Waals surface area (Å²) in [6, 6.07) is 10.9. The van der Waals surface area contributed by atoms with E-state index < -0.39 is 0 Å². The van der Waals surface area contributed by atoms with Crippen LogP contribution in [-0.2, 0) is 13.0 Å². The normalized spacial score (nSPS) is 14.3. The quantitative estimate of drug-likeness (QED) is 0.533. The van der Waals surface area contributed by atoms with Crippen LogP contribution in [0.25, 0.3) is 0 Å². The van der Waals surface area contributed by atoms with Crippen LogP contribution in [0.3, 0.4) is 0 Å². The molecule has 1 N–H and O–H groups in total. The standard InChI is InChI=1S/C24H31ClFN3O2S/c1-3-30-22-9-8-18(16-23(22)31-4-2)10-11-27-24(32)29-14-12-28(13-15-29)17-19-20(25)6-5-7-21(19)26/h5-9,16H,3-4,10-15,17H2,1-2H3,(H,27,32). The molecule has 0 saturated carbocycles. The lowest BCUT2D eigenvalue weighted by molar-refractivity contribution is 0.173. The van der Waals surface area contributed by atoms with Crippen molar-refractivity contribution in [1.29, 1.82) is 0 Å². The van der Waals surface area contributed by atoms with Gasteiger partial charge in [-0.05, 0) is 62.3 Å². The van der Waals surface area contributed by atoms with Crippen LogP contribution in [0, 0.1) is 5.82 Å². The van der Waals surface area contributed by atoms with Crippen molar-refractivity contribution in [3.63, 3.8) is 0 Å². The number of benzene rings is 2. The van der Waals surface area contributed by atoms with Crippen LogP contribution in [0.4, 0.5) is 4.39 Å². The molecule has 32 heavy (non-hydrogen) atoms. The molecule has 5 nitrogen and oxygen atoms in total. The van der Waals surface area contributed by atoms with E-state index >= 15 is 0 Å². The van der Waals surface area contributed by atoms with Gasteiger partial charge >= 0.3 is 0 Å². The lowest BCUT2D eigenvalue weighted by Crippen LogP contribution is -2.51. The fraction of sp³-hybridized carbons (Fsp3) is 0.458. The van der Waals surface area contributed by atoms with Crippen molar-refractivity contribution in [2.75, 3.05) is 45.9 Å². The fourth-order valence-electron chi connectivity index (χ4n) is 3.69. The molecule has 0 aliphatic carbocycles. The van der Waals surface area contributed by atoms with Gasteiger partial charge in [-0.3, -0.25) is 4.90 Å². The molecule has 3 rings (SSSR count). The minimum Gasteiger partial charge on any atom is -0.490 e. The predicted octanol–water partition coefficient (Wildman–Crippen LogP) is 4.51. The van der Waals surface area contributed by atoms with Crippen molar-refractivity contribution in [2.24, 2.45) is 0 Å². The fourth-order valence-corrected chi connectivity index (χ4v) is 4.20. The van der Waals surface area contributed by atoms with E-state index in [1.54, 1.807) is 12.1 Å². The second-order valence-corrected chi connectivity index (χ2v) is 8.39. The maximum atomic E-state index is 14.1. The largest absolute Gasteiger partial charge is 0.490 e. The van der Waals surface area contributed by atoms with Gasteiger partial charge in [0.25, 0.3) is 0 Å². The summed E-state index contributed by atoms with van der Waals surface area (Å²) >= 11 is 11.8. The first kappa shape index (κ1) is 24.6. The van der Waals surface area contributed by atoms with Crippen molar-refractivity contribution < 1.29 is 13.9 Å². The monoisotopic (exact) mass is 479 g/mol. The molecular formula is C24H31ClFN3O2S. The number of hydrogen-bond acceptors (Lipinski definition) is 4. The van der Waals surface area contributed by atoms with Gasteiger partial charge in [0.1, 0.15) is 5.82 Å². The highest BCUT2D eigenvalue weighted by molar-refractivity contribution is 7.80. The number of nitrogens with zero attached hydrogens (tertiary/aromatic N) is 2. The van der Waals surface area contributed by atoms with E-state index in [1.807, 2.05) is 26.0 Å². The first-order chi connectivity index (χ1) is 15.5. The first-order valence-corrected chi connectivity index (χ1v) is 11.9. The molecule has 1 aliphatic heterocycles. The summed E-state index contributed by atoms with van der Waals surface area (Å²) in [4.78, 5) is 4.37. The van der Waals surface area contributed by atoms with Crippen molar-refractivity contribution >= 4 is 28.9 Å². The summed E-state index contributed by atoms with van der Waals surface area (Å²) in [5, 5.41) is 4.59. The number of rotatable bonds is 9. The van der Waals surface area contributed by atoms with E-state index in [0.717, 1.165) is 55.8 Å². The average Bonchev–Trinajstić information content (AvgIpc) is 2.79. The Kier molecular flexibility index (Phi) is 9.38. The Labute approximate surface area is 200 Å². The molecule has 0 aromatic heterocycles. The Bertz CT molecular complexity index is 887. The zero-order chi connectivity index (χ0) is 22.9. The average molecular weight is 480 g/mol. The van der Waals surface area contributed by atoms with E-state index in [2.05, 4.69) is 21.2 Å². The van der Waals surface area contributed by atoms with Crippen molar-refractivity contribution in [1.82, 2.24) is 15.1 Å². The zero-order valence-corrected chi connectivity index (χ0v) is 20.3. The molecule has 0 radical (unpaired) electrons. The molecular weight excluding hydrogens is 449 g/mol. The lowest BCUT2D eigenvalue weighted by atomic mass is 10.1. The molecule has 1 heterocycles. The molecule has 1 fully saturated rings. The minimum absolute atomic E-state index is 0.251. The van der Waals surface area contributed by atoms with Gasteiger partial charge in [0.05, 0.1) is 13.2 Å². The number of hydrogen-bond donors (Lipinski definition) is 1. The third-order valence-electron chi connectivity index (χ3n) is 5.40. The van der Waals surface area contributed by atoms with E-state index in [0.29, 0.717) is 30.3 Å². The topological polar surface area (TPSA) is 37.0 Å². The third-order valence-corrected chi connectivity index (χ3v) is 6.16. The van der Waals surface area contributed by atoms with Crippen molar-refractivity contribution in [2.45, 2.75) is 26.8 Å². The predicted molar refractivity (Wildman–Crippen MR) is 131 cm³/mol. The Hall–Kier alpha value is -2.09. The van der Waals surface area contributed by atoms with Crippen LogP contribution < -0.4 is 14.8 Å². The lowest BCUT2D eigenvalue weighted by Gasteiger charge is -2.36. The van der Waals surface area contributed by atoms with E-state index in [-0.39, 0.29) is 5.82 Å². The Morgan fingerprint density at radius 1 is 1.06 bits per heavy atom. The second kappa shape index (κ2) is 12.2. The second-order valence-electron chi connectivity index (χ2n) is 7.59. The Balaban J connectivity index is 1.44. The minimum atomic E-state index is -0.251. The number of halogens is 2. The molecule has 2 aromatic rings. The molecule has 0 bridgehead atoms. The van der Waals surface area contributed by atoms with Gasteiger partial charge in [0.15, 0.2) is 16.6 Å². The van der Waals surface area contributed by atoms with Crippen LogP contribution in [0.2, 0.25) is 5.02 Å². The van der Waals surface area contributed by atoms with Crippen molar-refractivity contribution in [3.8, 4) is 11.5 Å². The molecule has 0 unspecified atom stereocenters. The number of thiocarbonyl (C=S) groups is 1. The molecule has 174 valence electrons. The number of nitrogens with one attached hydrogen (secondary N) is 1. The van der Waals surface area contributed by atoms with Gasteiger partial charge in [-0.2, -0.15) is 0 Å². The maximum absolute atomic E-state index is 14.1. The summed E-state index contributed by atoms with van der Waals surface area (Å²) in [7, 11) is 0. The highest BCUT2D eigenvalue weighted by atomic mass is 35.5. The van der Waals surface area contributed by atoms with Gasteiger partial charge in [0.2, 0.25) is 0 Å². The summed E-state index contributed by atoms with van der Waals surface area (Å²) in [6.07, 6.45) is 0.832. The Morgan fingerprint density at radius 3 is 2.47 bits per heavy atom. The van der Waals surface area contributed by atoms with Crippen LogP contribution in [0.5, 0.6) is 11.5 Å². The molecule has 2 aromatic carbocycles. The highest BCUT2D eigenvalue weighted by Gasteiger charge is 2.20. The van der Waals surface area contributed by atoms with Gasteiger partial charge in [-0.25, -0.2) is 4.39 Å². The van der Waals surface area contributed by atoms with Crippen LogP contribution in [0.1, 0.15) is 25.0 Å². The van der Waals surface area contributed by atoms with E-state index in [1.165, 1.54) is 11.6 Å². The smallest absolute Gasteiger partial charge is 0.169 e. The summed E-state index contributed by atoms with van der Waals surface area (Å²) < 4.78 is 25.4. The summed E-state index contributed by atoms with van der Waals surface area (Å²) in [5.41, 5.74) is 1.73. The summed E-state index contributed by atoms with van der Waals surface area (Å²) in [6.45, 7) is 9.60.